The topological polar surface area (TPSA) is 100 Å². The molecule has 128 valence electrons. The SMILES string of the molecule is CCNC(=NCc1nc(-c2ccco2)n[nH]1)NC1CC2CCC1O2. The Bertz CT molecular complexity index is 695. The van der Waals surface area contributed by atoms with Crippen molar-refractivity contribution in [2.24, 2.45) is 4.99 Å². The Morgan fingerprint density at radius 1 is 1.46 bits per heavy atom. The Labute approximate surface area is 140 Å². The standard InChI is InChI=1S/C16H22N6O2/c1-2-17-16(19-11-8-10-5-6-12(11)24-10)18-9-14-20-15(22-21-14)13-4-3-7-23-13/h3-4,7,10-12H,2,5-6,8-9H2,1H3,(H2,17,18,19)(H,20,21,22). The molecule has 0 aliphatic carbocycles. The van der Waals surface area contributed by atoms with Crippen molar-refractivity contribution < 1.29 is 9.15 Å². The number of nitrogens with zero attached hydrogens (tertiary/aromatic N) is 3. The molecule has 0 spiro atoms. The number of guanidine groups is 1. The normalized spacial score (nSPS) is 26.0. The lowest BCUT2D eigenvalue weighted by molar-refractivity contribution is 0.0992. The smallest absolute Gasteiger partial charge is 0.216 e. The van der Waals surface area contributed by atoms with Crippen LogP contribution in [0.25, 0.3) is 11.6 Å². The van der Waals surface area contributed by atoms with Crippen LogP contribution >= 0.6 is 0 Å². The zero-order valence-corrected chi connectivity index (χ0v) is 13.7. The number of fused-ring (bicyclic) bond motifs is 2. The predicted molar refractivity (Wildman–Crippen MR) is 88.3 cm³/mol. The van der Waals surface area contributed by atoms with E-state index in [4.69, 9.17) is 9.15 Å². The summed E-state index contributed by atoms with van der Waals surface area (Å²) in [6.45, 7) is 3.28. The first-order valence-electron chi connectivity index (χ1n) is 8.47. The third kappa shape index (κ3) is 3.14. The van der Waals surface area contributed by atoms with Crippen LogP contribution in [0, 0.1) is 0 Å². The molecule has 3 N–H and O–H groups in total. The summed E-state index contributed by atoms with van der Waals surface area (Å²) in [4.78, 5) is 9.01. The molecule has 2 bridgehead atoms. The Morgan fingerprint density at radius 3 is 3.12 bits per heavy atom. The molecule has 4 rings (SSSR count). The first-order valence-corrected chi connectivity index (χ1v) is 8.47. The average Bonchev–Trinajstić information content (AvgIpc) is 3.36. The van der Waals surface area contributed by atoms with Crippen LogP contribution in [0.5, 0.6) is 0 Å². The molecule has 2 fully saturated rings. The Balaban J connectivity index is 1.40. The number of aromatic nitrogens is 3. The first kappa shape index (κ1) is 15.2. The highest BCUT2D eigenvalue weighted by atomic mass is 16.5. The van der Waals surface area contributed by atoms with E-state index in [0.717, 1.165) is 25.3 Å². The lowest BCUT2D eigenvalue weighted by Crippen LogP contribution is -2.47. The largest absolute Gasteiger partial charge is 0.461 e. The van der Waals surface area contributed by atoms with E-state index in [1.165, 1.54) is 6.42 Å². The molecule has 24 heavy (non-hydrogen) atoms. The van der Waals surface area contributed by atoms with E-state index >= 15 is 0 Å². The number of hydrogen-bond donors (Lipinski definition) is 3. The Hall–Kier alpha value is -2.35. The number of nitrogens with one attached hydrogen (secondary N) is 3. The summed E-state index contributed by atoms with van der Waals surface area (Å²) in [5.41, 5.74) is 0. The average molecular weight is 330 g/mol. The van der Waals surface area contributed by atoms with Gasteiger partial charge in [-0.25, -0.2) is 9.98 Å². The molecule has 2 saturated heterocycles. The maximum Gasteiger partial charge on any atom is 0.216 e. The molecule has 2 aliphatic heterocycles. The molecular weight excluding hydrogens is 308 g/mol. The Morgan fingerprint density at radius 2 is 2.42 bits per heavy atom. The van der Waals surface area contributed by atoms with Crippen molar-refractivity contribution in [3.05, 3.63) is 24.2 Å². The maximum absolute atomic E-state index is 5.89. The molecule has 4 heterocycles. The molecule has 8 nitrogen and oxygen atoms in total. The third-order valence-electron chi connectivity index (χ3n) is 4.43. The van der Waals surface area contributed by atoms with Gasteiger partial charge in [-0.05, 0) is 38.3 Å². The zero-order chi connectivity index (χ0) is 16.4. The molecule has 0 radical (unpaired) electrons. The fraction of sp³-hybridized carbons (Fsp3) is 0.562. The number of furan rings is 1. The van der Waals surface area contributed by atoms with Crippen molar-refractivity contribution in [1.29, 1.82) is 0 Å². The maximum atomic E-state index is 5.89. The van der Waals surface area contributed by atoms with Gasteiger partial charge >= 0.3 is 0 Å². The minimum Gasteiger partial charge on any atom is -0.461 e. The first-order chi connectivity index (χ1) is 11.8. The molecule has 2 aliphatic rings. The van der Waals surface area contributed by atoms with Crippen molar-refractivity contribution >= 4 is 5.96 Å². The van der Waals surface area contributed by atoms with Crippen molar-refractivity contribution in [2.75, 3.05) is 6.54 Å². The van der Waals surface area contributed by atoms with Gasteiger partial charge in [-0.1, -0.05) is 0 Å². The molecule has 2 aromatic rings. The number of hydrogen-bond acceptors (Lipinski definition) is 5. The summed E-state index contributed by atoms with van der Waals surface area (Å²) in [6, 6.07) is 3.99. The van der Waals surface area contributed by atoms with E-state index in [1.807, 2.05) is 12.1 Å². The van der Waals surface area contributed by atoms with Crippen LogP contribution in [0.2, 0.25) is 0 Å². The van der Waals surface area contributed by atoms with Crippen LogP contribution in [0.1, 0.15) is 32.0 Å². The molecule has 0 saturated carbocycles. The summed E-state index contributed by atoms with van der Waals surface area (Å²) in [7, 11) is 0. The van der Waals surface area contributed by atoms with Gasteiger partial charge in [0.1, 0.15) is 12.4 Å². The van der Waals surface area contributed by atoms with Crippen molar-refractivity contribution in [1.82, 2.24) is 25.8 Å². The van der Waals surface area contributed by atoms with Gasteiger partial charge in [0.2, 0.25) is 5.82 Å². The van der Waals surface area contributed by atoms with E-state index < -0.39 is 0 Å². The summed E-state index contributed by atoms with van der Waals surface area (Å²) >= 11 is 0. The lowest BCUT2D eigenvalue weighted by Gasteiger charge is -2.22. The summed E-state index contributed by atoms with van der Waals surface area (Å²) in [5.74, 6) is 2.67. The van der Waals surface area contributed by atoms with Crippen LogP contribution in [-0.2, 0) is 11.3 Å². The van der Waals surface area contributed by atoms with Gasteiger partial charge < -0.3 is 19.8 Å². The highest BCUT2D eigenvalue weighted by Gasteiger charge is 2.41. The minimum atomic E-state index is 0.315. The molecule has 3 atom stereocenters. The number of aliphatic imine (C=N–C) groups is 1. The van der Waals surface area contributed by atoms with Gasteiger partial charge in [-0.15, -0.1) is 5.10 Å². The lowest BCUT2D eigenvalue weighted by atomic mass is 9.96. The quantitative estimate of drug-likeness (QED) is 0.566. The van der Waals surface area contributed by atoms with Gasteiger partial charge in [-0.2, -0.15) is 0 Å². The van der Waals surface area contributed by atoms with Crippen molar-refractivity contribution in [3.8, 4) is 11.6 Å². The van der Waals surface area contributed by atoms with E-state index in [2.05, 4.69) is 37.7 Å². The highest BCUT2D eigenvalue weighted by Crippen LogP contribution is 2.34. The van der Waals surface area contributed by atoms with Gasteiger partial charge in [0.25, 0.3) is 0 Å². The second kappa shape index (κ2) is 6.64. The van der Waals surface area contributed by atoms with Crippen LogP contribution in [0.15, 0.2) is 27.8 Å². The number of rotatable bonds is 5. The number of aromatic amines is 1. The summed E-state index contributed by atoms with van der Waals surface area (Å²) < 4.78 is 11.2. The second-order valence-electron chi connectivity index (χ2n) is 6.14. The van der Waals surface area contributed by atoms with Crippen LogP contribution < -0.4 is 10.6 Å². The zero-order valence-electron chi connectivity index (χ0n) is 13.7. The molecule has 3 unspecified atom stereocenters. The fourth-order valence-corrected chi connectivity index (χ4v) is 3.32. The Kier molecular flexibility index (Phi) is 4.20. The molecular formula is C16H22N6O2. The van der Waals surface area contributed by atoms with Crippen molar-refractivity contribution in [3.63, 3.8) is 0 Å². The number of H-pyrrole nitrogens is 1. The highest BCUT2D eigenvalue weighted by molar-refractivity contribution is 5.80. The summed E-state index contributed by atoms with van der Waals surface area (Å²) in [5, 5.41) is 13.8. The van der Waals surface area contributed by atoms with Gasteiger partial charge in [0.05, 0.1) is 24.5 Å². The van der Waals surface area contributed by atoms with E-state index in [-0.39, 0.29) is 0 Å². The van der Waals surface area contributed by atoms with Gasteiger partial charge in [-0.3, -0.25) is 5.10 Å². The van der Waals surface area contributed by atoms with Crippen molar-refractivity contribution in [2.45, 2.75) is 51.0 Å². The molecule has 0 aromatic carbocycles. The number of ether oxygens (including phenoxy) is 1. The molecule has 0 amide bonds. The third-order valence-corrected chi connectivity index (χ3v) is 4.43. The summed E-state index contributed by atoms with van der Waals surface area (Å²) in [6.07, 6.45) is 5.71. The molecule has 2 aromatic heterocycles. The minimum absolute atomic E-state index is 0.315. The van der Waals surface area contributed by atoms with E-state index in [1.54, 1.807) is 6.26 Å². The van der Waals surface area contributed by atoms with E-state index in [0.29, 0.717) is 42.2 Å². The second-order valence-corrected chi connectivity index (χ2v) is 6.14. The van der Waals surface area contributed by atoms with E-state index in [9.17, 15) is 0 Å². The fourth-order valence-electron chi connectivity index (χ4n) is 3.32. The molecule has 8 heteroatoms. The van der Waals surface area contributed by atoms with Crippen LogP contribution in [0.3, 0.4) is 0 Å². The predicted octanol–water partition coefficient (Wildman–Crippen LogP) is 1.44. The van der Waals surface area contributed by atoms with Gasteiger partial charge in [0.15, 0.2) is 11.7 Å². The van der Waals surface area contributed by atoms with Crippen LogP contribution in [0.4, 0.5) is 0 Å². The van der Waals surface area contributed by atoms with Gasteiger partial charge in [0, 0.05) is 6.54 Å². The monoisotopic (exact) mass is 330 g/mol. The van der Waals surface area contributed by atoms with Crippen LogP contribution in [-0.4, -0.2) is 45.9 Å².